The van der Waals surface area contributed by atoms with Crippen LogP contribution < -0.4 is 10.6 Å². The minimum Gasteiger partial charge on any atom is -0.359 e. The van der Waals surface area contributed by atoms with Crippen molar-refractivity contribution >= 4 is 5.96 Å². The lowest BCUT2D eigenvalue weighted by Gasteiger charge is -2.18. The first kappa shape index (κ1) is 18.9. The molecule has 0 aliphatic carbocycles. The molecule has 1 atom stereocenters. The second kappa shape index (κ2) is 8.60. The van der Waals surface area contributed by atoms with Crippen LogP contribution in [0, 0.1) is 11.6 Å². The largest absolute Gasteiger partial charge is 0.359 e. The van der Waals surface area contributed by atoms with E-state index in [0.717, 1.165) is 11.8 Å². The molecule has 1 aromatic heterocycles. The molecule has 0 spiro atoms. The van der Waals surface area contributed by atoms with E-state index in [1.54, 1.807) is 6.92 Å². The number of nitrogens with one attached hydrogen (secondary N) is 2. The van der Waals surface area contributed by atoms with Crippen molar-refractivity contribution in [3.8, 4) is 0 Å². The van der Waals surface area contributed by atoms with E-state index < -0.39 is 11.6 Å². The molecule has 2 N–H and O–H groups in total. The Bertz CT molecular complexity index is 728. The normalized spacial score (nSPS) is 13.2. The van der Waals surface area contributed by atoms with Crippen LogP contribution in [-0.4, -0.2) is 17.7 Å². The van der Waals surface area contributed by atoms with Crippen LogP contribution in [0.2, 0.25) is 0 Å². The molecule has 0 aliphatic rings. The first-order valence-corrected chi connectivity index (χ1v) is 8.36. The van der Waals surface area contributed by atoms with Gasteiger partial charge >= 0.3 is 0 Å². The van der Waals surface area contributed by atoms with E-state index in [2.05, 4.69) is 20.8 Å². The summed E-state index contributed by atoms with van der Waals surface area (Å²) in [6.07, 6.45) is 0. The van der Waals surface area contributed by atoms with Crippen LogP contribution >= 0.6 is 0 Å². The summed E-state index contributed by atoms with van der Waals surface area (Å²) in [4.78, 5) is 4.43. The van der Waals surface area contributed by atoms with Crippen LogP contribution in [0.4, 0.5) is 8.78 Å². The molecule has 0 saturated heterocycles. The third kappa shape index (κ3) is 5.27. The molecule has 0 radical (unpaired) electrons. The summed E-state index contributed by atoms with van der Waals surface area (Å²) in [6, 6.07) is 5.04. The fraction of sp³-hybridized carbons (Fsp3) is 0.444. The van der Waals surface area contributed by atoms with Crippen molar-refractivity contribution < 1.29 is 13.3 Å². The maximum absolute atomic E-state index is 13.9. The smallest absolute Gasteiger partial charge is 0.192 e. The van der Waals surface area contributed by atoms with Crippen molar-refractivity contribution in [2.75, 3.05) is 6.54 Å². The molecule has 1 heterocycles. The highest BCUT2D eigenvalue weighted by molar-refractivity contribution is 5.80. The molecule has 0 bridgehead atoms. The van der Waals surface area contributed by atoms with Gasteiger partial charge in [-0.2, -0.15) is 0 Å². The summed E-state index contributed by atoms with van der Waals surface area (Å²) in [6.45, 7) is 8.76. The molecule has 7 heteroatoms. The molecule has 0 fully saturated rings. The van der Waals surface area contributed by atoms with Crippen LogP contribution in [0.15, 0.2) is 33.8 Å². The number of nitrogens with zero attached hydrogens (tertiary/aromatic N) is 2. The van der Waals surface area contributed by atoms with Crippen molar-refractivity contribution in [2.24, 2.45) is 4.99 Å². The minimum absolute atomic E-state index is 0.286. The molecule has 1 unspecified atom stereocenters. The zero-order valence-electron chi connectivity index (χ0n) is 14.9. The topological polar surface area (TPSA) is 62.5 Å². The Kier molecular flexibility index (Phi) is 6.50. The van der Waals surface area contributed by atoms with Gasteiger partial charge in [-0.15, -0.1) is 0 Å². The van der Waals surface area contributed by atoms with Crippen LogP contribution in [0.1, 0.15) is 56.7 Å². The number of hydrogen-bond donors (Lipinski definition) is 2. The van der Waals surface area contributed by atoms with Gasteiger partial charge in [-0.3, -0.25) is 0 Å². The summed E-state index contributed by atoms with van der Waals surface area (Å²) in [5.41, 5.74) is 1.25. The third-order valence-electron chi connectivity index (χ3n) is 3.69. The first-order valence-electron chi connectivity index (χ1n) is 8.36. The number of guanidine groups is 1. The van der Waals surface area contributed by atoms with Crippen molar-refractivity contribution in [3.05, 3.63) is 52.9 Å². The standard InChI is InChI=1S/C18H24F2N4O/c1-5-21-18(22-10-14-9-17(11(2)3)24-25-14)23-12(4)15-7-6-13(19)8-16(15)20/h6-9,11-12H,5,10H2,1-4H3,(H2,21,22,23). The van der Waals surface area contributed by atoms with E-state index in [4.69, 9.17) is 4.52 Å². The van der Waals surface area contributed by atoms with E-state index in [0.29, 0.717) is 30.4 Å². The molecule has 2 aromatic rings. The lowest BCUT2D eigenvalue weighted by Crippen LogP contribution is -2.39. The van der Waals surface area contributed by atoms with Gasteiger partial charge in [0.05, 0.1) is 11.7 Å². The molecule has 0 amide bonds. The van der Waals surface area contributed by atoms with Crippen molar-refractivity contribution in [2.45, 2.75) is 46.2 Å². The first-order chi connectivity index (χ1) is 11.9. The van der Waals surface area contributed by atoms with Gasteiger partial charge in [-0.25, -0.2) is 13.8 Å². The van der Waals surface area contributed by atoms with Crippen LogP contribution in [-0.2, 0) is 6.54 Å². The lowest BCUT2D eigenvalue weighted by atomic mass is 10.1. The lowest BCUT2D eigenvalue weighted by molar-refractivity contribution is 0.376. The Hall–Kier alpha value is -2.44. The number of benzene rings is 1. The maximum atomic E-state index is 13.9. The molecule has 2 rings (SSSR count). The van der Waals surface area contributed by atoms with Gasteiger partial charge in [-0.05, 0) is 25.8 Å². The highest BCUT2D eigenvalue weighted by atomic mass is 19.1. The molecule has 0 saturated carbocycles. The Morgan fingerprint density at radius 2 is 2.00 bits per heavy atom. The van der Waals surface area contributed by atoms with Gasteiger partial charge in [0.1, 0.15) is 18.2 Å². The molecule has 136 valence electrons. The van der Waals surface area contributed by atoms with Crippen LogP contribution in [0.25, 0.3) is 0 Å². The second-order valence-electron chi connectivity index (χ2n) is 6.10. The quantitative estimate of drug-likeness (QED) is 0.613. The minimum atomic E-state index is -0.597. The summed E-state index contributed by atoms with van der Waals surface area (Å²) in [5, 5.41) is 10.2. The third-order valence-corrected chi connectivity index (χ3v) is 3.69. The van der Waals surface area contributed by atoms with E-state index in [1.807, 2.05) is 26.8 Å². The van der Waals surface area contributed by atoms with Gasteiger partial charge in [0.25, 0.3) is 0 Å². The molecular weight excluding hydrogens is 326 g/mol. The Labute approximate surface area is 146 Å². The summed E-state index contributed by atoms with van der Waals surface area (Å²) in [5.74, 6) is 0.269. The Balaban J connectivity index is 2.08. The van der Waals surface area contributed by atoms with E-state index >= 15 is 0 Å². The average molecular weight is 350 g/mol. The predicted molar refractivity (Wildman–Crippen MR) is 93.3 cm³/mol. The predicted octanol–water partition coefficient (Wildman–Crippen LogP) is 3.89. The Morgan fingerprint density at radius 3 is 2.60 bits per heavy atom. The Morgan fingerprint density at radius 1 is 1.24 bits per heavy atom. The van der Waals surface area contributed by atoms with Gasteiger partial charge in [0, 0.05) is 24.2 Å². The van der Waals surface area contributed by atoms with Gasteiger partial charge in [0.15, 0.2) is 11.7 Å². The number of halogens is 2. The molecular formula is C18H24F2N4O. The van der Waals surface area contributed by atoms with E-state index in [1.165, 1.54) is 12.1 Å². The summed E-state index contributed by atoms with van der Waals surface area (Å²) >= 11 is 0. The fourth-order valence-corrected chi connectivity index (χ4v) is 2.29. The van der Waals surface area contributed by atoms with Crippen molar-refractivity contribution in [3.63, 3.8) is 0 Å². The van der Waals surface area contributed by atoms with E-state index in [9.17, 15) is 8.78 Å². The van der Waals surface area contributed by atoms with Gasteiger partial charge in [0.2, 0.25) is 0 Å². The zero-order valence-corrected chi connectivity index (χ0v) is 14.9. The monoisotopic (exact) mass is 350 g/mol. The highest BCUT2D eigenvalue weighted by Gasteiger charge is 2.13. The number of aliphatic imine (C=N–C) groups is 1. The van der Waals surface area contributed by atoms with Crippen LogP contribution in [0.3, 0.4) is 0 Å². The van der Waals surface area contributed by atoms with Crippen molar-refractivity contribution in [1.82, 2.24) is 15.8 Å². The van der Waals surface area contributed by atoms with Gasteiger partial charge < -0.3 is 15.2 Å². The second-order valence-corrected chi connectivity index (χ2v) is 6.10. The highest BCUT2D eigenvalue weighted by Crippen LogP contribution is 2.18. The number of hydrogen-bond acceptors (Lipinski definition) is 3. The SMILES string of the molecule is CCNC(=NCc1cc(C(C)C)no1)NC(C)c1ccc(F)cc1F. The zero-order chi connectivity index (χ0) is 18.4. The molecule has 1 aromatic carbocycles. The molecule has 5 nitrogen and oxygen atoms in total. The van der Waals surface area contributed by atoms with E-state index in [-0.39, 0.29) is 12.0 Å². The van der Waals surface area contributed by atoms with Gasteiger partial charge in [-0.1, -0.05) is 25.1 Å². The molecule has 25 heavy (non-hydrogen) atoms. The number of rotatable bonds is 6. The van der Waals surface area contributed by atoms with Crippen LogP contribution in [0.5, 0.6) is 0 Å². The molecule has 0 aliphatic heterocycles. The summed E-state index contributed by atoms with van der Waals surface area (Å²) < 4.78 is 32.2. The van der Waals surface area contributed by atoms with Crippen molar-refractivity contribution in [1.29, 1.82) is 0 Å². The average Bonchev–Trinajstić information content (AvgIpc) is 3.02. The number of aromatic nitrogens is 1. The maximum Gasteiger partial charge on any atom is 0.192 e. The fourth-order valence-electron chi connectivity index (χ4n) is 2.29. The summed E-state index contributed by atoms with van der Waals surface area (Å²) in [7, 11) is 0.